The zero-order valence-electron chi connectivity index (χ0n) is 16.3. The first kappa shape index (κ1) is 21.6. The summed E-state index contributed by atoms with van der Waals surface area (Å²) in [6.45, 7) is 5.72. The van der Waals surface area contributed by atoms with Crippen LogP contribution in [0.15, 0.2) is 53.4 Å². The largest absolute Gasteiger partial charge is 0.462 e. The second-order valence-corrected chi connectivity index (χ2v) is 8.14. The van der Waals surface area contributed by atoms with Gasteiger partial charge < -0.3 is 4.74 Å². The van der Waals surface area contributed by atoms with Crippen LogP contribution in [0.1, 0.15) is 54.3 Å². The molecule has 0 aliphatic heterocycles. The number of esters is 1. The maximum Gasteiger partial charge on any atom is 0.338 e. The van der Waals surface area contributed by atoms with Gasteiger partial charge in [0.15, 0.2) is 5.78 Å². The van der Waals surface area contributed by atoms with Gasteiger partial charge in [0.25, 0.3) is 10.0 Å². The Labute approximate surface area is 166 Å². The molecule has 7 heteroatoms. The molecule has 0 bridgehead atoms. The number of hydrogen-bond acceptors (Lipinski definition) is 5. The molecule has 28 heavy (non-hydrogen) atoms. The van der Waals surface area contributed by atoms with Gasteiger partial charge in [-0.2, -0.15) is 0 Å². The van der Waals surface area contributed by atoms with Crippen molar-refractivity contribution in [1.82, 2.24) is 0 Å². The van der Waals surface area contributed by atoms with Crippen LogP contribution in [0.2, 0.25) is 0 Å². The predicted molar refractivity (Wildman–Crippen MR) is 108 cm³/mol. The summed E-state index contributed by atoms with van der Waals surface area (Å²) in [4.78, 5) is 23.4. The lowest BCUT2D eigenvalue weighted by atomic mass is 10.2. The molecule has 2 aromatic carbocycles. The van der Waals surface area contributed by atoms with Crippen molar-refractivity contribution in [3.8, 4) is 0 Å². The minimum atomic E-state index is -3.81. The van der Waals surface area contributed by atoms with Gasteiger partial charge in [-0.25, -0.2) is 13.2 Å². The first-order chi connectivity index (χ1) is 13.3. The second kappa shape index (κ2) is 9.50. The van der Waals surface area contributed by atoms with E-state index in [0.717, 1.165) is 6.42 Å². The van der Waals surface area contributed by atoms with Crippen LogP contribution in [0.25, 0.3) is 0 Å². The molecule has 0 radical (unpaired) electrons. The van der Waals surface area contributed by atoms with Crippen molar-refractivity contribution in [1.29, 1.82) is 0 Å². The molecule has 0 N–H and O–H groups in total. The van der Waals surface area contributed by atoms with Crippen molar-refractivity contribution in [2.75, 3.05) is 17.5 Å². The fraction of sp³-hybridized carbons (Fsp3) is 0.333. The summed E-state index contributed by atoms with van der Waals surface area (Å²) in [6, 6.07) is 12.2. The first-order valence-corrected chi connectivity index (χ1v) is 10.7. The number of rotatable bonds is 9. The van der Waals surface area contributed by atoms with E-state index in [1.165, 1.54) is 35.5 Å². The van der Waals surface area contributed by atoms with E-state index in [0.29, 0.717) is 29.8 Å². The number of nitrogens with zero attached hydrogens (tertiary/aromatic N) is 1. The molecule has 0 unspecified atom stereocenters. The Morgan fingerprint density at radius 2 is 1.50 bits per heavy atom. The highest BCUT2D eigenvalue weighted by atomic mass is 32.2. The lowest BCUT2D eigenvalue weighted by Gasteiger charge is -2.24. The number of unbranched alkanes of at least 4 members (excludes halogenated alkanes) is 1. The highest BCUT2D eigenvalue weighted by molar-refractivity contribution is 7.92. The van der Waals surface area contributed by atoms with Gasteiger partial charge in [-0.05, 0) is 56.7 Å². The summed E-state index contributed by atoms with van der Waals surface area (Å²) in [5.41, 5.74) is 1.29. The number of Topliss-reactive ketones (excluding diaryl/α,β-unsaturated/α-hetero) is 1. The van der Waals surface area contributed by atoms with Crippen molar-refractivity contribution in [2.24, 2.45) is 0 Å². The van der Waals surface area contributed by atoms with Crippen LogP contribution < -0.4 is 4.31 Å². The van der Waals surface area contributed by atoms with E-state index >= 15 is 0 Å². The van der Waals surface area contributed by atoms with Gasteiger partial charge in [-0.1, -0.05) is 25.5 Å². The lowest BCUT2D eigenvalue weighted by molar-refractivity contribution is 0.0526. The van der Waals surface area contributed by atoms with E-state index in [2.05, 4.69) is 0 Å². The highest BCUT2D eigenvalue weighted by Crippen LogP contribution is 2.25. The monoisotopic (exact) mass is 403 g/mol. The Morgan fingerprint density at radius 3 is 2.00 bits per heavy atom. The molecule has 2 rings (SSSR count). The molecule has 0 amide bonds. The average molecular weight is 404 g/mol. The average Bonchev–Trinajstić information content (AvgIpc) is 2.69. The van der Waals surface area contributed by atoms with Crippen LogP contribution in [0.4, 0.5) is 5.69 Å². The van der Waals surface area contributed by atoms with E-state index in [1.54, 1.807) is 31.2 Å². The number of anilines is 1. The van der Waals surface area contributed by atoms with Gasteiger partial charge in [0.05, 0.1) is 22.8 Å². The van der Waals surface area contributed by atoms with E-state index in [9.17, 15) is 18.0 Å². The summed E-state index contributed by atoms with van der Waals surface area (Å²) in [7, 11) is -3.81. The van der Waals surface area contributed by atoms with Crippen molar-refractivity contribution in [3.05, 3.63) is 59.7 Å². The molecule has 0 spiro atoms. The first-order valence-electron chi connectivity index (χ1n) is 9.22. The van der Waals surface area contributed by atoms with Gasteiger partial charge >= 0.3 is 5.97 Å². The standard InChI is InChI=1S/C21H25NO5S/c1-4-6-15-22(19-11-7-18(8-12-19)21(24)27-5-2)28(25,26)20-13-9-17(10-14-20)16(3)23/h7-14H,4-6,15H2,1-3H3. The van der Waals surface area contributed by atoms with Crippen LogP contribution in [-0.4, -0.2) is 33.3 Å². The van der Waals surface area contributed by atoms with Crippen LogP contribution in [0.5, 0.6) is 0 Å². The maximum atomic E-state index is 13.2. The van der Waals surface area contributed by atoms with Crippen LogP contribution in [-0.2, 0) is 14.8 Å². The third-order valence-electron chi connectivity index (χ3n) is 4.23. The Kier molecular flexibility index (Phi) is 7.34. The smallest absolute Gasteiger partial charge is 0.338 e. The molecule has 150 valence electrons. The summed E-state index contributed by atoms with van der Waals surface area (Å²) in [5.74, 6) is -0.571. The minimum absolute atomic E-state index is 0.114. The molecular weight excluding hydrogens is 378 g/mol. The van der Waals surface area contributed by atoms with E-state index in [1.807, 2.05) is 6.92 Å². The third kappa shape index (κ3) is 4.98. The summed E-state index contributed by atoms with van der Waals surface area (Å²) in [6.07, 6.45) is 1.51. The van der Waals surface area contributed by atoms with Gasteiger partial charge in [-0.15, -0.1) is 0 Å². The molecule has 0 heterocycles. The zero-order valence-corrected chi connectivity index (χ0v) is 17.2. The molecule has 0 fully saturated rings. The van der Waals surface area contributed by atoms with E-state index in [4.69, 9.17) is 4.74 Å². The Balaban J connectivity index is 2.38. The summed E-state index contributed by atoms with van der Waals surface area (Å²) in [5, 5.41) is 0. The molecular formula is C21H25NO5S. The lowest BCUT2D eigenvalue weighted by Crippen LogP contribution is -2.32. The number of benzene rings is 2. The van der Waals surface area contributed by atoms with Crippen molar-refractivity contribution >= 4 is 27.5 Å². The number of ether oxygens (including phenoxy) is 1. The van der Waals surface area contributed by atoms with Crippen molar-refractivity contribution in [3.63, 3.8) is 0 Å². The van der Waals surface area contributed by atoms with Gasteiger partial charge in [-0.3, -0.25) is 9.10 Å². The van der Waals surface area contributed by atoms with Gasteiger partial charge in [0.2, 0.25) is 0 Å². The molecule has 0 aromatic heterocycles. The maximum absolute atomic E-state index is 13.2. The number of carbonyl (C=O) groups excluding carboxylic acids is 2. The number of carbonyl (C=O) groups is 2. The number of hydrogen-bond donors (Lipinski definition) is 0. The van der Waals surface area contributed by atoms with Gasteiger partial charge in [0, 0.05) is 12.1 Å². The minimum Gasteiger partial charge on any atom is -0.462 e. The molecule has 0 saturated carbocycles. The van der Waals surface area contributed by atoms with E-state index in [-0.39, 0.29) is 17.3 Å². The number of ketones is 1. The fourth-order valence-electron chi connectivity index (χ4n) is 2.66. The Hall–Kier alpha value is -2.67. The van der Waals surface area contributed by atoms with Crippen LogP contribution in [0.3, 0.4) is 0 Å². The zero-order chi connectivity index (χ0) is 20.7. The van der Waals surface area contributed by atoms with E-state index < -0.39 is 16.0 Å². The van der Waals surface area contributed by atoms with Crippen molar-refractivity contribution in [2.45, 2.75) is 38.5 Å². The molecule has 0 aliphatic rings. The van der Waals surface area contributed by atoms with Gasteiger partial charge in [0.1, 0.15) is 0 Å². The van der Waals surface area contributed by atoms with Crippen LogP contribution in [0, 0.1) is 0 Å². The topological polar surface area (TPSA) is 80.8 Å². The van der Waals surface area contributed by atoms with Crippen molar-refractivity contribution < 1.29 is 22.7 Å². The quantitative estimate of drug-likeness (QED) is 0.466. The molecule has 2 aromatic rings. The summed E-state index contributed by atoms with van der Waals surface area (Å²) >= 11 is 0. The third-order valence-corrected chi connectivity index (χ3v) is 6.07. The van der Waals surface area contributed by atoms with Crippen LogP contribution >= 0.6 is 0 Å². The normalized spacial score (nSPS) is 11.1. The Morgan fingerprint density at radius 1 is 0.929 bits per heavy atom. The second-order valence-electron chi connectivity index (χ2n) is 6.28. The molecule has 0 atom stereocenters. The highest BCUT2D eigenvalue weighted by Gasteiger charge is 2.25. The summed E-state index contributed by atoms with van der Waals surface area (Å²) < 4.78 is 32.7. The molecule has 0 saturated heterocycles. The molecule has 0 aliphatic carbocycles. The SMILES string of the molecule is CCCCN(c1ccc(C(=O)OCC)cc1)S(=O)(=O)c1ccc(C(C)=O)cc1. The number of sulfonamides is 1. The predicted octanol–water partition coefficient (Wildman–Crippen LogP) is 4.06. The fourth-order valence-corrected chi connectivity index (χ4v) is 4.16. The Bertz CT molecular complexity index is 918. The molecule has 6 nitrogen and oxygen atoms in total.